The number of carbonyl (C=O) groups excluding carboxylic acids is 1. The number of carboxylic acid groups (broad SMARTS) is 1. The zero-order valence-electron chi connectivity index (χ0n) is 14.0. The Labute approximate surface area is 137 Å². The van der Waals surface area contributed by atoms with Crippen LogP contribution in [0.4, 0.5) is 0 Å². The predicted molar refractivity (Wildman–Crippen MR) is 89.5 cm³/mol. The molecule has 1 aromatic rings. The molecular weight excluding hydrogens is 294 g/mol. The molecule has 0 spiro atoms. The molecule has 23 heavy (non-hydrogen) atoms. The van der Waals surface area contributed by atoms with Crippen molar-refractivity contribution in [3.05, 3.63) is 35.4 Å². The maximum atomic E-state index is 11.9. The van der Waals surface area contributed by atoms with E-state index in [-0.39, 0.29) is 18.0 Å². The van der Waals surface area contributed by atoms with Crippen molar-refractivity contribution in [2.45, 2.75) is 58.0 Å². The van der Waals surface area contributed by atoms with Crippen molar-refractivity contribution in [3.63, 3.8) is 0 Å². The van der Waals surface area contributed by atoms with Gasteiger partial charge in [-0.3, -0.25) is 4.79 Å². The number of carbonyl (C=O) groups is 2. The smallest absolute Gasteiger partial charge is 0.335 e. The summed E-state index contributed by atoms with van der Waals surface area (Å²) in [6, 6.07) is 6.52. The van der Waals surface area contributed by atoms with Crippen LogP contribution < -0.4 is 5.32 Å². The van der Waals surface area contributed by atoms with Crippen LogP contribution in [0.3, 0.4) is 0 Å². The van der Waals surface area contributed by atoms with Gasteiger partial charge in [0.2, 0.25) is 5.91 Å². The topological polar surface area (TPSA) is 86.6 Å². The Balaban J connectivity index is 2.42. The molecule has 0 bridgehead atoms. The maximum absolute atomic E-state index is 11.9. The van der Waals surface area contributed by atoms with Crippen molar-refractivity contribution in [1.82, 2.24) is 5.32 Å². The van der Waals surface area contributed by atoms with Gasteiger partial charge >= 0.3 is 5.97 Å². The van der Waals surface area contributed by atoms with E-state index in [9.17, 15) is 14.7 Å². The van der Waals surface area contributed by atoms with Crippen LogP contribution >= 0.6 is 0 Å². The van der Waals surface area contributed by atoms with Gasteiger partial charge < -0.3 is 15.5 Å². The van der Waals surface area contributed by atoms with Crippen LogP contribution in [0.5, 0.6) is 0 Å². The number of benzene rings is 1. The number of amides is 1. The lowest BCUT2D eigenvalue weighted by Gasteiger charge is -2.27. The van der Waals surface area contributed by atoms with Gasteiger partial charge in [0, 0.05) is 13.0 Å². The first kappa shape index (κ1) is 19.2. The SMILES string of the molecule is CCCC(O)(CCC)CNC(=O)CCc1ccc(C(=O)O)cc1. The van der Waals surface area contributed by atoms with Gasteiger partial charge in [-0.1, -0.05) is 38.8 Å². The molecule has 0 radical (unpaired) electrons. The minimum absolute atomic E-state index is 0.0991. The van der Waals surface area contributed by atoms with Crippen molar-refractivity contribution in [3.8, 4) is 0 Å². The first-order valence-electron chi connectivity index (χ1n) is 8.21. The van der Waals surface area contributed by atoms with E-state index in [1.165, 1.54) is 12.1 Å². The van der Waals surface area contributed by atoms with Crippen LogP contribution in [0, 0.1) is 0 Å². The number of hydrogen-bond acceptors (Lipinski definition) is 3. The summed E-state index contributed by atoms with van der Waals surface area (Å²) in [6.45, 7) is 4.32. The molecular formula is C18H27NO4. The van der Waals surface area contributed by atoms with Crippen LogP contribution in [0.1, 0.15) is 61.9 Å². The molecule has 0 heterocycles. The van der Waals surface area contributed by atoms with Crippen molar-refractivity contribution >= 4 is 11.9 Å². The molecule has 0 aliphatic heterocycles. The molecule has 1 rings (SSSR count). The number of aromatic carboxylic acids is 1. The van der Waals surface area contributed by atoms with Crippen molar-refractivity contribution in [2.24, 2.45) is 0 Å². The van der Waals surface area contributed by atoms with Crippen LogP contribution in [0.2, 0.25) is 0 Å². The van der Waals surface area contributed by atoms with E-state index in [0.717, 1.165) is 18.4 Å². The number of nitrogens with one attached hydrogen (secondary N) is 1. The average molecular weight is 321 g/mol. The van der Waals surface area contributed by atoms with Gasteiger partial charge in [0.05, 0.1) is 11.2 Å². The van der Waals surface area contributed by atoms with Gasteiger partial charge in [-0.05, 0) is 37.0 Å². The Hall–Kier alpha value is -1.88. The molecule has 0 saturated carbocycles. The molecule has 128 valence electrons. The first-order valence-corrected chi connectivity index (χ1v) is 8.21. The molecule has 0 aliphatic rings. The highest BCUT2D eigenvalue weighted by Gasteiger charge is 2.25. The summed E-state index contributed by atoms with van der Waals surface area (Å²) in [5, 5.41) is 22.1. The Morgan fingerprint density at radius 2 is 1.65 bits per heavy atom. The monoisotopic (exact) mass is 321 g/mol. The molecule has 1 amide bonds. The third kappa shape index (κ3) is 6.82. The standard InChI is InChI=1S/C18H27NO4/c1-3-11-18(23,12-4-2)13-19-16(20)10-7-14-5-8-15(9-6-14)17(21)22/h5-6,8-9,23H,3-4,7,10-13H2,1-2H3,(H,19,20)(H,21,22). The summed E-state index contributed by atoms with van der Waals surface area (Å²) >= 11 is 0. The second-order valence-corrected chi connectivity index (χ2v) is 6.00. The van der Waals surface area contributed by atoms with Crippen LogP contribution in [0.25, 0.3) is 0 Å². The summed E-state index contributed by atoms with van der Waals surface area (Å²) in [4.78, 5) is 22.7. The second kappa shape index (κ2) is 9.30. The number of aryl methyl sites for hydroxylation is 1. The zero-order chi connectivity index (χ0) is 17.3. The third-order valence-electron chi connectivity index (χ3n) is 3.89. The highest BCUT2D eigenvalue weighted by molar-refractivity contribution is 5.87. The van der Waals surface area contributed by atoms with Gasteiger partial charge in [-0.25, -0.2) is 4.79 Å². The zero-order valence-corrected chi connectivity index (χ0v) is 14.0. The number of hydrogen-bond donors (Lipinski definition) is 3. The Kier molecular flexibility index (Phi) is 7.75. The van der Waals surface area contributed by atoms with E-state index in [2.05, 4.69) is 5.32 Å². The van der Waals surface area contributed by atoms with E-state index >= 15 is 0 Å². The predicted octanol–water partition coefficient (Wildman–Crippen LogP) is 2.76. The molecule has 0 aromatic heterocycles. The second-order valence-electron chi connectivity index (χ2n) is 6.00. The lowest BCUT2D eigenvalue weighted by Crippen LogP contribution is -2.42. The average Bonchev–Trinajstić information content (AvgIpc) is 2.52. The molecule has 0 unspecified atom stereocenters. The fourth-order valence-corrected chi connectivity index (χ4v) is 2.66. The number of aliphatic hydroxyl groups is 1. The summed E-state index contributed by atoms with van der Waals surface area (Å²) in [5.41, 5.74) is 0.340. The largest absolute Gasteiger partial charge is 0.478 e. The van der Waals surface area contributed by atoms with Gasteiger partial charge in [0.15, 0.2) is 0 Å². The molecule has 5 heteroatoms. The lowest BCUT2D eigenvalue weighted by atomic mass is 9.92. The summed E-state index contributed by atoms with van der Waals surface area (Å²) < 4.78 is 0. The molecule has 3 N–H and O–H groups in total. The minimum atomic E-state index is -0.958. The Bertz CT molecular complexity index is 504. The lowest BCUT2D eigenvalue weighted by molar-refractivity contribution is -0.122. The first-order chi connectivity index (χ1) is 10.9. The Morgan fingerprint density at radius 3 is 2.13 bits per heavy atom. The van der Waals surface area contributed by atoms with Crippen LogP contribution in [-0.4, -0.2) is 34.2 Å². The normalized spacial score (nSPS) is 11.3. The van der Waals surface area contributed by atoms with E-state index in [1.54, 1.807) is 12.1 Å². The van der Waals surface area contributed by atoms with Gasteiger partial charge in [0.25, 0.3) is 0 Å². The highest BCUT2D eigenvalue weighted by atomic mass is 16.4. The van der Waals surface area contributed by atoms with E-state index in [0.29, 0.717) is 25.7 Å². The van der Waals surface area contributed by atoms with Gasteiger partial charge in [-0.2, -0.15) is 0 Å². The maximum Gasteiger partial charge on any atom is 0.335 e. The fourth-order valence-electron chi connectivity index (χ4n) is 2.66. The summed E-state index contributed by atoms with van der Waals surface area (Å²) in [6.07, 6.45) is 3.98. The molecule has 0 fully saturated rings. The Morgan fingerprint density at radius 1 is 1.09 bits per heavy atom. The van der Waals surface area contributed by atoms with Crippen LogP contribution in [0.15, 0.2) is 24.3 Å². The molecule has 5 nitrogen and oxygen atoms in total. The van der Waals surface area contributed by atoms with E-state index in [4.69, 9.17) is 5.11 Å². The fraction of sp³-hybridized carbons (Fsp3) is 0.556. The molecule has 0 aliphatic carbocycles. The van der Waals surface area contributed by atoms with Crippen molar-refractivity contribution < 1.29 is 19.8 Å². The van der Waals surface area contributed by atoms with E-state index < -0.39 is 11.6 Å². The van der Waals surface area contributed by atoms with Gasteiger partial charge in [0.1, 0.15) is 0 Å². The van der Waals surface area contributed by atoms with Crippen LogP contribution in [-0.2, 0) is 11.2 Å². The molecule has 1 aromatic carbocycles. The molecule has 0 saturated heterocycles. The quantitative estimate of drug-likeness (QED) is 0.618. The minimum Gasteiger partial charge on any atom is -0.478 e. The number of carboxylic acids is 1. The summed E-state index contributed by atoms with van der Waals surface area (Å²) in [7, 11) is 0. The van der Waals surface area contributed by atoms with Crippen molar-refractivity contribution in [1.29, 1.82) is 0 Å². The third-order valence-corrected chi connectivity index (χ3v) is 3.89. The van der Waals surface area contributed by atoms with Crippen molar-refractivity contribution in [2.75, 3.05) is 6.54 Å². The highest BCUT2D eigenvalue weighted by Crippen LogP contribution is 2.18. The van der Waals surface area contributed by atoms with E-state index in [1.807, 2.05) is 13.8 Å². The summed E-state index contributed by atoms with van der Waals surface area (Å²) in [5.74, 6) is -1.06. The number of rotatable bonds is 10. The molecule has 0 atom stereocenters. The van der Waals surface area contributed by atoms with Gasteiger partial charge in [-0.15, -0.1) is 0 Å².